The molecule has 0 saturated heterocycles. The van der Waals surface area contributed by atoms with Gasteiger partial charge in [0, 0.05) is 17.8 Å². The van der Waals surface area contributed by atoms with Gasteiger partial charge in [0.15, 0.2) is 0 Å². The van der Waals surface area contributed by atoms with Crippen LogP contribution in [-0.4, -0.2) is 10.9 Å². The number of hydrogen-bond donors (Lipinski definition) is 1. The molecule has 0 aliphatic heterocycles. The third kappa shape index (κ3) is 1.02. The summed E-state index contributed by atoms with van der Waals surface area (Å²) in [5.74, 6) is 1.59. The molecule has 2 heteroatoms. The summed E-state index contributed by atoms with van der Waals surface area (Å²) in [5.41, 5.74) is 6.43. The summed E-state index contributed by atoms with van der Waals surface area (Å²) in [6, 6.07) is 17.5. The molecule has 5 rings (SSSR count). The predicted molar refractivity (Wildman–Crippen MR) is 72.9 cm³/mol. The molecule has 3 aliphatic carbocycles. The van der Waals surface area contributed by atoms with E-state index in [-0.39, 0.29) is 5.92 Å². The molecule has 0 amide bonds. The summed E-state index contributed by atoms with van der Waals surface area (Å²) in [4.78, 5) is 0. The maximum atomic E-state index is 9.50. The highest BCUT2D eigenvalue weighted by atomic mass is 16.4. The molecule has 4 unspecified atom stereocenters. The molecule has 0 radical (unpaired) electrons. The Morgan fingerprint density at radius 1 is 0.789 bits per heavy atom. The lowest BCUT2D eigenvalue weighted by atomic mass is 9.77. The topological polar surface area (TPSA) is 32.6 Å². The Bertz CT molecular complexity index is 734. The van der Waals surface area contributed by atoms with Crippen LogP contribution in [0, 0.1) is 5.92 Å². The van der Waals surface area contributed by atoms with E-state index < -0.39 is 0 Å². The Kier molecular flexibility index (Phi) is 1.58. The van der Waals surface area contributed by atoms with Crippen LogP contribution in [0.15, 0.2) is 53.7 Å². The van der Waals surface area contributed by atoms with E-state index in [1.54, 1.807) is 0 Å². The van der Waals surface area contributed by atoms with Gasteiger partial charge >= 0.3 is 0 Å². The maximum Gasteiger partial charge on any atom is 0.0732 e. The first-order valence-corrected chi connectivity index (χ1v) is 6.80. The van der Waals surface area contributed by atoms with E-state index >= 15 is 0 Å². The van der Waals surface area contributed by atoms with Gasteiger partial charge in [-0.3, -0.25) is 0 Å². The molecular weight excluding hydrogens is 234 g/mol. The van der Waals surface area contributed by atoms with Gasteiger partial charge in [-0.2, -0.15) is 0 Å². The molecule has 1 N–H and O–H groups in total. The molecule has 2 aromatic rings. The summed E-state index contributed by atoms with van der Waals surface area (Å²) in [5, 5.41) is 13.2. The van der Waals surface area contributed by atoms with Crippen molar-refractivity contribution in [3.05, 3.63) is 70.8 Å². The predicted octanol–water partition coefficient (Wildman–Crippen LogP) is 3.47. The molecule has 0 aromatic heterocycles. The van der Waals surface area contributed by atoms with Crippen LogP contribution in [0.25, 0.3) is 0 Å². The minimum Gasteiger partial charge on any atom is -0.411 e. The van der Waals surface area contributed by atoms with Crippen molar-refractivity contribution in [3.63, 3.8) is 0 Å². The van der Waals surface area contributed by atoms with E-state index in [9.17, 15) is 5.21 Å². The Morgan fingerprint density at radius 3 is 2.42 bits per heavy atom. The first-order valence-electron chi connectivity index (χ1n) is 6.80. The van der Waals surface area contributed by atoms with Gasteiger partial charge in [0.25, 0.3) is 0 Å². The molecule has 0 heterocycles. The van der Waals surface area contributed by atoms with Gasteiger partial charge in [0.2, 0.25) is 0 Å². The molecule has 1 saturated carbocycles. The molecule has 4 bridgehead atoms. The number of nitrogens with zero attached hydrogens (tertiary/aromatic N) is 1. The van der Waals surface area contributed by atoms with Crippen molar-refractivity contribution in [3.8, 4) is 0 Å². The van der Waals surface area contributed by atoms with Gasteiger partial charge in [-0.25, -0.2) is 0 Å². The zero-order chi connectivity index (χ0) is 12.6. The number of fused-ring (bicyclic) bond motifs is 9. The van der Waals surface area contributed by atoms with E-state index in [2.05, 4.69) is 53.7 Å². The maximum absolute atomic E-state index is 9.50. The van der Waals surface area contributed by atoms with Crippen molar-refractivity contribution >= 4 is 5.71 Å². The fourth-order valence-electron chi connectivity index (χ4n) is 4.33. The lowest BCUT2D eigenvalue weighted by molar-refractivity contribution is 0.314. The summed E-state index contributed by atoms with van der Waals surface area (Å²) >= 11 is 0. The van der Waals surface area contributed by atoms with Gasteiger partial charge in [0.05, 0.1) is 11.6 Å². The van der Waals surface area contributed by atoms with Crippen LogP contribution in [0.3, 0.4) is 0 Å². The van der Waals surface area contributed by atoms with Crippen molar-refractivity contribution in [2.24, 2.45) is 11.1 Å². The van der Waals surface area contributed by atoms with E-state index in [1.807, 2.05) is 0 Å². The SMILES string of the molecule is ON=C1C2c3cccc(c3)C3C1C3c1ccccc12. The highest BCUT2D eigenvalue weighted by Gasteiger charge is 2.61. The van der Waals surface area contributed by atoms with Crippen molar-refractivity contribution in [2.45, 2.75) is 17.8 Å². The Balaban J connectivity index is 1.91. The van der Waals surface area contributed by atoms with Gasteiger partial charge in [0.1, 0.15) is 0 Å². The normalized spacial score (nSPS) is 34.6. The van der Waals surface area contributed by atoms with E-state index in [4.69, 9.17) is 0 Å². The van der Waals surface area contributed by atoms with Crippen LogP contribution in [0.2, 0.25) is 0 Å². The van der Waals surface area contributed by atoms with Crippen molar-refractivity contribution < 1.29 is 5.21 Å². The minimum atomic E-state index is 0.148. The first kappa shape index (κ1) is 9.79. The molecule has 2 aromatic carbocycles. The Labute approximate surface area is 111 Å². The van der Waals surface area contributed by atoms with Gasteiger partial charge in [-0.1, -0.05) is 53.7 Å². The second-order valence-corrected chi connectivity index (χ2v) is 5.83. The Hall–Kier alpha value is -2.09. The van der Waals surface area contributed by atoms with Gasteiger partial charge in [-0.15, -0.1) is 0 Å². The summed E-state index contributed by atoms with van der Waals surface area (Å²) in [6.07, 6.45) is 0. The fourth-order valence-corrected chi connectivity index (χ4v) is 4.33. The molecule has 2 nitrogen and oxygen atoms in total. The monoisotopic (exact) mass is 247 g/mol. The number of oxime groups is 1. The number of benzene rings is 2. The summed E-state index contributed by atoms with van der Waals surface area (Å²) in [7, 11) is 0. The van der Waals surface area contributed by atoms with Crippen molar-refractivity contribution in [1.29, 1.82) is 0 Å². The quantitative estimate of drug-likeness (QED) is 0.561. The van der Waals surface area contributed by atoms with Crippen LogP contribution in [0.1, 0.15) is 40.0 Å². The van der Waals surface area contributed by atoms with E-state index in [0.29, 0.717) is 17.8 Å². The zero-order valence-corrected chi connectivity index (χ0v) is 10.3. The standard InChI is InChI=1S/C17H13NO/c19-18-17-13-9-4-3-5-10(8-9)14-15(16(14)17)12-7-2-1-6-11(12)13/h1-8,13-16,19H. The molecule has 0 spiro atoms. The second kappa shape index (κ2) is 3.08. The Morgan fingerprint density at radius 2 is 1.58 bits per heavy atom. The lowest BCUT2D eigenvalue weighted by Gasteiger charge is -2.26. The smallest absolute Gasteiger partial charge is 0.0732 e. The third-order valence-electron chi connectivity index (χ3n) is 5.07. The first-order chi connectivity index (χ1) is 9.40. The number of hydrogen-bond acceptors (Lipinski definition) is 2. The van der Waals surface area contributed by atoms with Crippen LogP contribution in [0.5, 0.6) is 0 Å². The van der Waals surface area contributed by atoms with Crippen molar-refractivity contribution in [2.75, 3.05) is 0 Å². The zero-order valence-electron chi connectivity index (χ0n) is 10.3. The molecule has 92 valence electrons. The second-order valence-electron chi connectivity index (χ2n) is 5.83. The molecule has 1 fully saturated rings. The molecule has 4 atom stereocenters. The van der Waals surface area contributed by atoms with E-state index in [1.165, 1.54) is 22.3 Å². The molecule has 3 aliphatic rings. The highest BCUT2D eigenvalue weighted by molar-refractivity contribution is 6.02. The lowest BCUT2D eigenvalue weighted by Crippen LogP contribution is -2.22. The summed E-state index contributed by atoms with van der Waals surface area (Å²) < 4.78 is 0. The van der Waals surface area contributed by atoms with Crippen LogP contribution in [-0.2, 0) is 0 Å². The van der Waals surface area contributed by atoms with Gasteiger partial charge in [-0.05, 0) is 22.3 Å². The average molecular weight is 247 g/mol. The highest BCUT2D eigenvalue weighted by Crippen LogP contribution is 2.68. The van der Waals surface area contributed by atoms with Crippen LogP contribution >= 0.6 is 0 Å². The van der Waals surface area contributed by atoms with Gasteiger partial charge < -0.3 is 5.21 Å². The largest absolute Gasteiger partial charge is 0.411 e. The van der Waals surface area contributed by atoms with Crippen LogP contribution < -0.4 is 0 Å². The average Bonchev–Trinajstić information content (AvgIpc) is 3.21. The number of rotatable bonds is 0. The summed E-state index contributed by atoms with van der Waals surface area (Å²) in [6.45, 7) is 0. The van der Waals surface area contributed by atoms with Crippen LogP contribution in [0.4, 0.5) is 0 Å². The third-order valence-corrected chi connectivity index (χ3v) is 5.07. The fraction of sp³-hybridized carbons (Fsp3) is 0.235. The van der Waals surface area contributed by atoms with E-state index in [0.717, 1.165) is 5.71 Å². The molecular formula is C17H13NO. The minimum absolute atomic E-state index is 0.148. The molecule has 19 heavy (non-hydrogen) atoms. The van der Waals surface area contributed by atoms with Crippen molar-refractivity contribution in [1.82, 2.24) is 0 Å².